The summed E-state index contributed by atoms with van der Waals surface area (Å²) in [6.07, 6.45) is 1.99. The third-order valence-corrected chi connectivity index (χ3v) is 4.35. The van der Waals surface area contributed by atoms with Gasteiger partial charge in [-0.25, -0.2) is 0 Å². The summed E-state index contributed by atoms with van der Waals surface area (Å²) >= 11 is 0. The summed E-state index contributed by atoms with van der Waals surface area (Å²) < 4.78 is 17.3. The van der Waals surface area contributed by atoms with E-state index in [1.807, 2.05) is 0 Å². The zero-order valence-corrected chi connectivity index (χ0v) is 10.9. The number of hydrogen-bond acceptors (Lipinski definition) is 6. The largest absolute Gasteiger partial charge is 0.394 e. The predicted molar refractivity (Wildman–Crippen MR) is 64.2 cm³/mol. The molecule has 0 radical (unpaired) electrons. The van der Waals surface area contributed by atoms with Crippen LogP contribution in [0.5, 0.6) is 0 Å². The summed E-state index contributed by atoms with van der Waals surface area (Å²) in [5.41, 5.74) is 0. The van der Waals surface area contributed by atoms with E-state index in [2.05, 4.69) is 0 Å². The van der Waals surface area contributed by atoms with Crippen LogP contribution in [0.3, 0.4) is 0 Å². The minimum Gasteiger partial charge on any atom is -0.394 e. The molecule has 110 valence electrons. The van der Waals surface area contributed by atoms with E-state index in [-0.39, 0.29) is 0 Å². The highest BCUT2D eigenvalue weighted by Crippen LogP contribution is 2.44. The van der Waals surface area contributed by atoms with Crippen LogP contribution in [0, 0.1) is 0 Å². The first kappa shape index (κ1) is 13.7. The van der Waals surface area contributed by atoms with Crippen LogP contribution in [-0.4, -0.2) is 58.4 Å². The molecule has 5 atom stereocenters. The molecule has 3 aliphatic rings. The number of rotatable bonds is 2. The van der Waals surface area contributed by atoms with E-state index in [9.17, 15) is 10.2 Å². The van der Waals surface area contributed by atoms with Gasteiger partial charge in [-0.2, -0.15) is 0 Å². The molecule has 2 heterocycles. The van der Waals surface area contributed by atoms with Crippen LogP contribution >= 0.6 is 0 Å². The van der Waals surface area contributed by atoms with Crippen LogP contribution in [0.2, 0.25) is 0 Å². The molecular weight excluding hydrogens is 252 g/mol. The first-order chi connectivity index (χ1) is 9.15. The van der Waals surface area contributed by atoms with Crippen molar-refractivity contribution in [3.63, 3.8) is 0 Å². The molecule has 3 rings (SSSR count). The van der Waals surface area contributed by atoms with E-state index >= 15 is 0 Å². The Morgan fingerprint density at radius 3 is 2.37 bits per heavy atom. The maximum atomic E-state index is 10.1. The van der Waals surface area contributed by atoms with Gasteiger partial charge in [0.2, 0.25) is 0 Å². The van der Waals surface area contributed by atoms with Gasteiger partial charge < -0.3 is 29.5 Å². The minimum atomic E-state index is -1.11. The number of hydrogen-bond donors (Lipinski definition) is 3. The quantitative estimate of drug-likeness (QED) is 0.651. The molecule has 0 aromatic heterocycles. The van der Waals surface area contributed by atoms with Gasteiger partial charge in [0, 0.05) is 12.8 Å². The fourth-order valence-electron chi connectivity index (χ4n) is 3.29. The molecule has 2 aliphatic heterocycles. The number of fused-ring (bicyclic) bond motifs is 1. The van der Waals surface area contributed by atoms with Crippen LogP contribution in [-0.2, 0) is 14.2 Å². The SMILES string of the molecule is OC[C@@H](O)[C@H]1O[C@@H]2OC3(CCCCCC3)O[C@@H]2[C@H]1O. The van der Waals surface area contributed by atoms with Crippen molar-refractivity contribution in [3.05, 3.63) is 0 Å². The number of aliphatic hydroxyl groups is 3. The molecule has 19 heavy (non-hydrogen) atoms. The summed E-state index contributed by atoms with van der Waals surface area (Å²) in [5.74, 6) is -0.623. The van der Waals surface area contributed by atoms with Crippen LogP contribution in [0.25, 0.3) is 0 Å². The van der Waals surface area contributed by atoms with Gasteiger partial charge in [-0.05, 0) is 12.8 Å². The molecule has 1 saturated carbocycles. The first-order valence-electron chi connectivity index (χ1n) is 7.13. The molecule has 6 heteroatoms. The molecule has 0 aromatic rings. The van der Waals surface area contributed by atoms with Crippen molar-refractivity contribution in [1.29, 1.82) is 0 Å². The smallest absolute Gasteiger partial charge is 0.190 e. The van der Waals surface area contributed by atoms with E-state index in [1.54, 1.807) is 0 Å². The number of ether oxygens (including phenoxy) is 3. The second-order valence-corrected chi connectivity index (χ2v) is 5.73. The van der Waals surface area contributed by atoms with Crippen LogP contribution < -0.4 is 0 Å². The van der Waals surface area contributed by atoms with Gasteiger partial charge in [0.25, 0.3) is 0 Å². The summed E-state index contributed by atoms with van der Waals surface area (Å²) in [6.45, 7) is -0.452. The highest BCUT2D eigenvalue weighted by molar-refractivity contribution is 4.97. The third kappa shape index (κ3) is 2.41. The van der Waals surface area contributed by atoms with E-state index in [4.69, 9.17) is 19.3 Å². The van der Waals surface area contributed by atoms with Gasteiger partial charge in [-0.1, -0.05) is 12.8 Å². The van der Waals surface area contributed by atoms with Gasteiger partial charge in [-0.3, -0.25) is 0 Å². The molecule has 2 saturated heterocycles. The maximum absolute atomic E-state index is 10.1. The first-order valence-corrected chi connectivity index (χ1v) is 7.13. The van der Waals surface area contributed by atoms with E-state index in [0.717, 1.165) is 25.7 Å². The average molecular weight is 274 g/mol. The minimum absolute atomic E-state index is 0.452. The molecule has 0 amide bonds. The van der Waals surface area contributed by atoms with Gasteiger partial charge >= 0.3 is 0 Å². The summed E-state index contributed by atoms with van der Waals surface area (Å²) in [6, 6.07) is 0. The maximum Gasteiger partial charge on any atom is 0.190 e. The zero-order chi connectivity index (χ0) is 13.5. The normalized spacial score (nSPS) is 43.1. The molecule has 3 N–H and O–H groups in total. The fraction of sp³-hybridized carbons (Fsp3) is 1.00. The molecule has 0 unspecified atom stereocenters. The Hall–Kier alpha value is -0.240. The van der Waals surface area contributed by atoms with Crippen molar-refractivity contribution >= 4 is 0 Å². The van der Waals surface area contributed by atoms with Crippen molar-refractivity contribution in [2.75, 3.05) is 6.61 Å². The second-order valence-electron chi connectivity index (χ2n) is 5.73. The highest BCUT2D eigenvalue weighted by atomic mass is 16.8. The lowest BCUT2D eigenvalue weighted by Gasteiger charge is -2.30. The topological polar surface area (TPSA) is 88.4 Å². The van der Waals surface area contributed by atoms with Gasteiger partial charge in [0.15, 0.2) is 12.1 Å². The average Bonchev–Trinajstić information content (AvgIpc) is 2.78. The fourth-order valence-corrected chi connectivity index (χ4v) is 3.29. The third-order valence-electron chi connectivity index (χ3n) is 4.35. The van der Waals surface area contributed by atoms with Gasteiger partial charge in [-0.15, -0.1) is 0 Å². The molecule has 1 aliphatic carbocycles. The van der Waals surface area contributed by atoms with E-state index in [1.165, 1.54) is 12.8 Å². The summed E-state index contributed by atoms with van der Waals surface area (Å²) in [4.78, 5) is 0. The Bertz CT molecular complexity index is 314. The van der Waals surface area contributed by atoms with Crippen molar-refractivity contribution in [2.24, 2.45) is 0 Å². The molecule has 0 aromatic carbocycles. The zero-order valence-electron chi connectivity index (χ0n) is 10.9. The van der Waals surface area contributed by atoms with Crippen molar-refractivity contribution in [1.82, 2.24) is 0 Å². The van der Waals surface area contributed by atoms with E-state index in [0.29, 0.717) is 0 Å². The Kier molecular flexibility index (Phi) is 3.81. The van der Waals surface area contributed by atoms with Crippen LogP contribution in [0.15, 0.2) is 0 Å². The van der Waals surface area contributed by atoms with Crippen molar-refractivity contribution in [3.8, 4) is 0 Å². The van der Waals surface area contributed by atoms with E-state index < -0.39 is 43.1 Å². The molecular formula is C13H22O6. The Labute approximate surface area is 112 Å². The van der Waals surface area contributed by atoms with Crippen molar-refractivity contribution in [2.45, 2.75) is 75.0 Å². The summed E-state index contributed by atoms with van der Waals surface area (Å²) in [5, 5.41) is 28.7. The monoisotopic (exact) mass is 274 g/mol. The molecule has 1 spiro atoms. The molecule has 0 bridgehead atoms. The number of aliphatic hydroxyl groups excluding tert-OH is 3. The predicted octanol–water partition coefficient (Wildman–Crippen LogP) is -0.109. The summed E-state index contributed by atoms with van der Waals surface area (Å²) in [7, 11) is 0. The highest BCUT2D eigenvalue weighted by Gasteiger charge is 2.58. The Morgan fingerprint density at radius 1 is 1.11 bits per heavy atom. The Balaban J connectivity index is 1.68. The second kappa shape index (κ2) is 5.27. The van der Waals surface area contributed by atoms with Gasteiger partial charge in [0.05, 0.1) is 6.61 Å². The molecule has 3 fully saturated rings. The van der Waals surface area contributed by atoms with Crippen LogP contribution in [0.4, 0.5) is 0 Å². The lowest BCUT2D eigenvalue weighted by atomic mass is 10.1. The van der Waals surface area contributed by atoms with Crippen molar-refractivity contribution < 1.29 is 29.5 Å². The lowest BCUT2D eigenvalue weighted by molar-refractivity contribution is -0.248. The van der Waals surface area contributed by atoms with Crippen LogP contribution in [0.1, 0.15) is 38.5 Å². The Morgan fingerprint density at radius 2 is 1.79 bits per heavy atom. The molecule has 6 nitrogen and oxygen atoms in total. The standard InChI is InChI=1S/C13H22O6/c14-7-8(15)10-9(16)11-12(17-10)19-13(18-11)5-3-1-2-4-6-13/h8-12,14-16H,1-7H2/t8-,9+,10-,11-,12-/m1/s1. The lowest BCUT2D eigenvalue weighted by Crippen LogP contribution is -2.43. The van der Waals surface area contributed by atoms with Gasteiger partial charge in [0.1, 0.15) is 24.4 Å².